The first kappa shape index (κ1) is 70.2. The highest BCUT2D eigenvalue weighted by atomic mass is 16.7. The van der Waals surface area contributed by atoms with Crippen LogP contribution >= 0.6 is 0 Å². The summed E-state index contributed by atoms with van der Waals surface area (Å²) in [6, 6.07) is 0. The lowest BCUT2D eigenvalue weighted by Gasteiger charge is -2.52. The van der Waals surface area contributed by atoms with Gasteiger partial charge in [-0.05, 0) is 83.0 Å². The van der Waals surface area contributed by atoms with E-state index in [0.29, 0.717) is 25.7 Å². The van der Waals surface area contributed by atoms with E-state index in [1.807, 2.05) is 0 Å². The summed E-state index contributed by atoms with van der Waals surface area (Å²) in [5, 5.41) is 182. The van der Waals surface area contributed by atoms with E-state index in [4.69, 9.17) is 61.9 Å². The first-order valence-electron chi connectivity index (χ1n) is 30.7. The van der Waals surface area contributed by atoms with Crippen LogP contribution in [0, 0.1) is 23.7 Å². The number of ether oxygens (including phenoxy) is 12. The summed E-state index contributed by atoms with van der Waals surface area (Å²) in [5.74, 6) is -6.66. The normalized spacial score (nSPS) is 48.1. The van der Waals surface area contributed by atoms with Crippen LogP contribution < -0.4 is 0 Å². The number of hydrogen-bond donors (Lipinski definition) is 17. The SMILES string of the molecule is O=C(O)CC(=O)OC[C@H]1O[C@@H](OC2CC3C(O)CC(O[C@@H]4O[C@H](COC(=O)C5CCC(O)CC5)[C@@H](O)[C@H](O)[C@H]4O)CC3OC2C2CCC(O)C(O[C@@H]3O[C@H](COC(=O)C4CCC(O[C@@H]5O[C@H](CO)[C@@H](O)[C@H](O)[C@H]5O)CC4)[C@@H](O)[C@H](O)[C@H]3O)C2)[C@H](O)[C@@H](O)[C@@H]1O. The molecular formula is C56H88O33. The number of esters is 3. The van der Waals surface area contributed by atoms with E-state index in [1.54, 1.807) is 0 Å². The number of carbonyl (C=O) groups excluding carboxylic acids is 3. The van der Waals surface area contributed by atoms with Crippen LogP contribution in [-0.4, -0.2) is 315 Å². The summed E-state index contributed by atoms with van der Waals surface area (Å²) in [6.07, 6.45) is -41.4. The van der Waals surface area contributed by atoms with Crippen molar-refractivity contribution < 1.29 is 163 Å². The lowest BCUT2D eigenvalue weighted by Crippen LogP contribution is -2.63. The Bertz CT molecular complexity index is 2290. The average molecular weight is 1290 g/mol. The number of fused-ring (bicyclic) bond motifs is 1. The first-order chi connectivity index (χ1) is 42.3. The Balaban J connectivity index is 0.856. The van der Waals surface area contributed by atoms with E-state index in [0.717, 1.165) is 0 Å². The maximum atomic E-state index is 13.4. The van der Waals surface area contributed by atoms with Crippen LogP contribution in [0.4, 0.5) is 0 Å². The lowest BCUT2D eigenvalue weighted by molar-refractivity contribution is -0.341. The molecule has 17 N–H and O–H groups in total. The summed E-state index contributed by atoms with van der Waals surface area (Å²) in [4.78, 5) is 49.6. The standard InChI is InChI=1S/C56H88O33/c57-16-32-38(64)42(68)46(72)53(86-32)81-24-8-3-21(4-9-24)52(77)80-19-35-41(67)45(71)48(74)55(89-35)84-30-11-22(5-10-27(30)59)50-31(85-56-49(75)44(70)39(65)33(88-56)17-78-37(63)15-36(61)62)14-26-28(60)12-25(13-29(26)83-50)82-54-47(73)43(69)40(66)34(87-54)18-79-51(76)20-1-6-23(58)7-2-20/h20-35,38-50,53-60,64-75H,1-19H2,(H,61,62)/t20?,21?,22?,23?,24?,25?,26?,27?,28?,29?,30?,31?,32-,33-,34-,35-,38-,39-,40-,41-,42+,43+,44+,45+,46-,47-,48-,49-,50?,53-,54-,55-,56-/m1/s1. The number of carboxylic acids is 1. The van der Waals surface area contributed by atoms with Gasteiger partial charge in [0.15, 0.2) is 25.2 Å². The van der Waals surface area contributed by atoms with Gasteiger partial charge >= 0.3 is 23.9 Å². The van der Waals surface area contributed by atoms with Crippen molar-refractivity contribution in [3.63, 3.8) is 0 Å². The van der Waals surface area contributed by atoms with Crippen LogP contribution in [0.2, 0.25) is 0 Å². The van der Waals surface area contributed by atoms with Crippen molar-refractivity contribution in [3.05, 3.63) is 0 Å². The highest BCUT2D eigenvalue weighted by Crippen LogP contribution is 2.46. The monoisotopic (exact) mass is 1290 g/mol. The molecule has 510 valence electrons. The molecule has 0 radical (unpaired) electrons. The Morgan fingerprint density at radius 2 is 0.831 bits per heavy atom. The molecule has 4 aliphatic carbocycles. The van der Waals surface area contributed by atoms with E-state index in [1.165, 1.54) is 0 Å². The van der Waals surface area contributed by atoms with Gasteiger partial charge in [0.25, 0.3) is 0 Å². The Labute approximate surface area is 509 Å². The molecule has 29 atom stereocenters. The third kappa shape index (κ3) is 16.7. The third-order valence-electron chi connectivity index (χ3n) is 19.1. The molecule has 0 aromatic heterocycles. The van der Waals surface area contributed by atoms with Gasteiger partial charge in [0, 0.05) is 18.8 Å². The molecule has 0 aromatic carbocycles. The fourth-order valence-electron chi connectivity index (χ4n) is 13.7. The molecule has 5 saturated heterocycles. The molecule has 33 heteroatoms. The molecule has 33 nitrogen and oxygen atoms in total. The van der Waals surface area contributed by atoms with Crippen molar-refractivity contribution in [3.8, 4) is 0 Å². The minimum absolute atomic E-state index is 0.00218. The molecule has 9 fully saturated rings. The van der Waals surface area contributed by atoms with Crippen LogP contribution in [0.3, 0.4) is 0 Å². The van der Waals surface area contributed by atoms with Crippen LogP contribution in [0.15, 0.2) is 0 Å². The summed E-state index contributed by atoms with van der Waals surface area (Å²) in [7, 11) is 0. The molecule has 9 aliphatic rings. The van der Waals surface area contributed by atoms with Crippen molar-refractivity contribution in [2.45, 2.75) is 274 Å². The van der Waals surface area contributed by atoms with Gasteiger partial charge in [0.1, 0.15) is 124 Å². The lowest BCUT2D eigenvalue weighted by atomic mass is 9.72. The first-order valence-corrected chi connectivity index (χ1v) is 30.7. The highest BCUT2D eigenvalue weighted by Gasteiger charge is 2.56. The Kier molecular flexibility index (Phi) is 24.4. The Morgan fingerprint density at radius 3 is 1.33 bits per heavy atom. The second-order valence-corrected chi connectivity index (χ2v) is 25.2. The summed E-state index contributed by atoms with van der Waals surface area (Å²) in [5.41, 5.74) is 0. The van der Waals surface area contributed by atoms with Crippen LogP contribution in [-0.2, 0) is 76.0 Å². The van der Waals surface area contributed by atoms with E-state index >= 15 is 0 Å². The highest BCUT2D eigenvalue weighted by molar-refractivity contribution is 5.90. The molecular weight excluding hydrogens is 1200 g/mol. The summed E-state index contributed by atoms with van der Waals surface area (Å²) in [6.45, 7) is -2.57. The Hall–Kier alpha value is -3.12. The average Bonchev–Trinajstić information content (AvgIpc) is 1.19. The minimum atomic E-state index is -1.97. The molecule has 5 aliphatic heterocycles. The number of carbonyl (C=O) groups is 4. The molecule has 0 amide bonds. The minimum Gasteiger partial charge on any atom is -0.481 e. The van der Waals surface area contributed by atoms with E-state index < -0.39 is 258 Å². The van der Waals surface area contributed by atoms with E-state index in [-0.39, 0.29) is 64.2 Å². The zero-order valence-electron chi connectivity index (χ0n) is 48.6. The van der Waals surface area contributed by atoms with Gasteiger partial charge in [-0.2, -0.15) is 0 Å². The number of hydrogen-bond acceptors (Lipinski definition) is 32. The third-order valence-corrected chi connectivity index (χ3v) is 19.1. The van der Waals surface area contributed by atoms with E-state index in [9.17, 15) is 101 Å². The zero-order valence-corrected chi connectivity index (χ0v) is 48.6. The predicted molar refractivity (Wildman–Crippen MR) is 284 cm³/mol. The van der Waals surface area contributed by atoms with Crippen molar-refractivity contribution in [2.75, 3.05) is 26.4 Å². The van der Waals surface area contributed by atoms with Gasteiger partial charge in [0.2, 0.25) is 0 Å². The van der Waals surface area contributed by atoms with Gasteiger partial charge in [-0.3, -0.25) is 19.2 Å². The van der Waals surface area contributed by atoms with Crippen LogP contribution in [0.5, 0.6) is 0 Å². The maximum Gasteiger partial charge on any atom is 0.317 e. The second-order valence-electron chi connectivity index (χ2n) is 25.2. The Morgan fingerprint density at radius 1 is 0.393 bits per heavy atom. The largest absolute Gasteiger partial charge is 0.481 e. The molecule has 0 bridgehead atoms. The van der Waals surface area contributed by atoms with Crippen LogP contribution in [0.1, 0.15) is 96.3 Å². The van der Waals surface area contributed by atoms with Crippen molar-refractivity contribution in [1.29, 1.82) is 0 Å². The maximum absolute atomic E-state index is 13.4. The molecule has 5 heterocycles. The van der Waals surface area contributed by atoms with Crippen molar-refractivity contribution in [2.24, 2.45) is 23.7 Å². The van der Waals surface area contributed by atoms with Gasteiger partial charge < -0.3 is 144 Å². The van der Waals surface area contributed by atoms with Crippen molar-refractivity contribution in [1.82, 2.24) is 0 Å². The van der Waals surface area contributed by atoms with Crippen LogP contribution in [0.25, 0.3) is 0 Å². The molecule has 4 saturated carbocycles. The zero-order chi connectivity index (χ0) is 64.3. The number of carboxylic acid groups (broad SMARTS) is 1. The molecule has 9 unspecified atom stereocenters. The summed E-state index contributed by atoms with van der Waals surface area (Å²) < 4.78 is 70.6. The van der Waals surface area contributed by atoms with Gasteiger partial charge in [-0.1, -0.05) is 0 Å². The fourth-order valence-corrected chi connectivity index (χ4v) is 13.7. The fraction of sp³-hybridized carbons (Fsp3) is 0.929. The van der Waals surface area contributed by atoms with E-state index in [2.05, 4.69) is 0 Å². The second kappa shape index (κ2) is 31.0. The number of aliphatic carboxylic acids is 1. The number of rotatable bonds is 20. The van der Waals surface area contributed by atoms with Gasteiger partial charge in [-0.15, -0.1) is 0 Å². The molecule has 0 aromatic rings. The molecule has 0 spiro atoms. The van der Waals surface area contributed by atoms with Gasteiger partial charge in [0.05, 0.1) is 73.4 Å². The topological polar surface area (TPSA) is 523 Å². The number of aliphatic hydroxyl groups excluding tert-OH is 16. The van der Waals surface area contributed by atoms with Gasteiger partial charge in [-0.25, -0.2) is 0 Å². The quantitative estimate of drug-likeness (QED) is 0.0306. The molecule has 89 heavy (non-hydrogen) atoms. The summed E-state index contributed by atoms with van der Waals surface area (Å²) >= 11 is 0. The smallest absolute Gasteiger partial charge is 0.317 e. The molecule has 9 rings (SSSR count). The van der Waals surface area contributed by atoms with Crippen molar-refractivity contribution >= 4 is 23.9 Å². The predicted octanol–water partition coefficient (Wildman–Crippen LogP) is -7.32. The number of aliphatic hydroxyl groups is 16.